The quantitative estimate of drug-likeness (QED) is 0.665. The van der Waals surface area contributed by atoms with Crippen molar-refractivity contribution in [2.24, 2.45) is 0 Å². The maximum Gasteiger partial charge on any atom is 0.272 e. The number of halogens is 1. The molecule has 0 radical (unpaired) electrons. The summed E-state index contributed by atoms with van der Waals surface area (Å²) in [6.45, 7) is 3.30. The summed E-state index contributed by atoms with van der Waals surface area (Å²) in [7, 11) is 0. The molecule has 6 nitrogen and oxygen atoms in total. The van der Waals surface area contributed by atoms with Crippen LogP contribution in [0, 0.1) is 0 Å². The van der Waals surface area contributed by atoms with Crippen LogP contribution in [-0.4, -0.2) is 15.9 Å². The third-order valence-electron chi connectivity index (χ3n) is 3.66. The van der Waals surface area contributed by atoms with Crippen molar-refractivity contribution >= 4 is 39.9 Å². The number of benzene rings is 2. The molecule has 3 aromatic rings. The molecular formula is C18H17ClN4O2. The zero-order valence-corrected chi connectivity index (χ0v) is 14.5. The molecule has 0 spiro atoms. The zero-order chi connectivity index (χ0) is 18.0. The Hall–Kier alpha value is -2.86. The number of fused-ring (bicyclic) bond motifs is 1. The molecule has 1 atom stereocenters. The topological polar surface area (TPSA) is 86.9 Å². The van der Waals surface area contributed by atoms with Crippen molar-refractivity contribution in [2.45, 2.75) is 19.9 Å². The Balaban J connectivity index is 1.89. The molecule has 3 rings (SSSR count). The predicted octanol–water partition coefficient (Wildman–Crippen LogP) is 3.71. The minimum Gasteiger partial charge on any atom is -0.377 e. The van der Waals surface area contributed by atoms with Gasteiger partial charge in [-0.1, -0.05) is 17.7 Å². The van der Waals surface area contributed by atoms with Gasteiger partial charge in [0.25, 0.3) is 5.56 Å². The maximum atomic E-state index is 12.3. The summed E-state index contributed by atoms with van der Waals surface area (Å²) < 4.78 is 0. The van der Waals surface area contributed by atoms with Gasteiger partial charge in [0, 0.05) is 23.3 Å². The van der Waals surface area contributed by atoms with Gasteiger partial charge in [-0.2, -0.15) is 0 Å². The monoisotopic (exact) mass is 356 g/mol. The van der Waals surface area contributed by atoms with Crippen LogP contribution in [-0.2, 0) is 4.79 Å². The third kappa shape index (κ3) is 3.97. The van der Waals surface area contributed by atoms with E-state index < -0.39 is 0 Å². The smallest absolute Gasteiger partial charge is 0.272 e. The van der Waals surface area contributed by atoms with E-state index in [4.69, 9.17) is 11.6 Å². The zero-order valence-electron chi connectivity index (χ0n) is 13.8. The summed E-state index contributed by atoms with van der Waals surface area (Å²) >= 11 is 6.00. The van der Waals surface area contributed by atoms with E-state index >= 15 is 0 Å². The molecule has 3 N–H and O–H groups in total. The van der Waals surface area contributed by atoms with Gasteiger partial charge in [-0.15, -0.1) is 0 Å². The largest absolute Gasteiger partial charge is 0.377 e. The first kappa shape index (κ1) is 17.0. The minimum atomic E-state index is -0.334. The number of hydrogen-bond donors (Lipinski definition) is 3. The molecule has 0 saturated heterocycles. The van der Waals surface area contributed by atoms with Crippen LogP contribution in [0.25, 0.3) is 11.0 Å². The lowest BCUT2D eigenvalue weighted by atomic mass is 10.2. The van der Waals surface area contributed by atoms with Crippen LogP contribution in [0.3, 0.4) is 0 Å². The molecule has 0 bridgehead atoms. The Labute approximate surface area is 149 Å². The van der Waals surface area contributed by atoms with Crippen molar-refractivity contribution in [1.82, 2.24) is 9.97 Å². The molecule has 0 aliphatic rings. The summed E-state index contributed by atoms with van der Waals surface area (Å²) in [4.78, 5) is 30.7. The van der Waals surface area contributed by atoms with Gasteiger partial charge in [0.15, 0.2) is 0 Å². The summed E-state index contributed by atoms with van der Waals surface area (Å²) in [6, 6.07) is 12.1. The molecule has 0 saturated carbocycles. The average molecular weight is 357 g/mol. The van der Waals surface area contributed by atoms with Crippen LogP contribution in [0.2, 0.25) is 5.02 Å². The molecular weight excluding hydrogens is 340 g/mol. The molecule has 0 aliphatic heterocycles. The van der Waals surface area contributed by atoms with Gasteiger partial charge in [0.05, 0.1) is 17.1 Å². The van der Waals surface area contributed by atoms with Gasteiger partial charge in [0.2, 0.25) is 5.91 Å². The summed E-state index contributed by atoms with van der Waals surface area (Å²) in [5.41, 5.74) is 2.82. The number of aromatic amines is 1. The Morgan fingerprint density at radius 2 is 1.96 bits per heavy atom. The molecule has 7 heteroatoms. The van der Waals surface area contributed by atoms with Crippen molar-refractivity contribution in [3.05, 3.63) is 63.5 Å². The molecule has 128 valence electrons. The van der Waals surface area contributed by atoms with E-state index in [0.717, 1.165) is 5.69 Å². The summed E-state index contributed by atoms with van der Waals surface area (Å²) in [6.07, 6.45) is 0. The van der Waals surface area contributed by atoms with E-state index in [1.807, 2.05) is 19.1 Å². The minimum absolute atomic E-state index is 0.144. The molecule has 2 aromatic carbocycles. The van der Waals surface area contributed by atoms with Crippen LogP contribution in [0.1, 0.15) is 25.6 Å². The lowest BCUT2D eigenvalue weighted by Gasteiger charge is -2.15. The summed E-state index contributed by atoms with van der Waals surface area (Å²) in [5.74, 6) is -0.144. The summed E-state index contributed by atoms with van der Waals surface area (Å²) in [5, 5.41) is 6.51. The number of carbonyl (C=O) groups is 1. The average Bonchev–Trinajstić information content (AvgIpc) is 2.54. The second kappa shape index (κ2) is 6.94. The first-order valence-corrected chi connectivity index (χ1v) is 8.14. The fourth-order valence-corrected chi connectivity index (χ4v) is 2.74. The van der Waals surface area contributed by atoms with E-state index in [-0.39, 0.29) is 17.5 Å². The second-order valence-corrected chi connectivity index (χ2v) is 6.18. The van der Waals surface area contributed by atoms with Crippen molar-refractivity contribution in [3.63, 3.8) is 0 Å². The highest BCUT2D eigenvalue weighted by Gasteiger charge is 2.13. The number of aromatic nitrogens is 2. The van der Waals surface area contributed by atoms with E-state index in [1.54, 1.807) is 30.3 Å². The number of H-pyrrole nitrogens is 1. The van der Waals surface area contributed by atoms with Gasteiger partial charge < -0.3 is 15.6 Å². The number of nitrogens with one attached hydrogen (secondary N) is 3. The lowest BCUT2D eigenvalue weighted by Crippen LogP contribution is -2.21. The van der Waals surface area contributed by atoms with Gasteiger partial charge in [-0.3, -0.25) is 9.59 Å². The first-order chi connectivity index (χ1) is 11.9. The van der Waals surface area contributed by atoms with E-state index in [9.17, 15) is 9.59 Å². The lowest BCUT2D eigenvalue weighted by molar-refractivity contribution is -0.114. The van der Waals surface area contributed by atoms with Gasteiger partial charge in [-0.05, 0) is 43.3 Å². The van der Waals surface area contributed by atoms with Crippen LogP contribution >= 0.6 is 11.6 Å². The van der Waals surface area contributed by atoms with E-state index in [1.165, 1.54) is 6.92 Å². The third-order valence-corrected chi connectivity index (χ3v) is 3.89. The normalized spacial score (nSPS) is 12.0. The van der Waals surface area contributed by atoms with E-state index in [0.29, 0.717) is 27.4 Å². The van der Waals surface area contributed by atoms with Crippen molar-refractivity contribution in [2.75, 3.05) is 10.6 Å². The number of nitrogens with zero attached hydrogens (tertiary/aromatic N) is 1. The number of carbonyl (C=O) groups excluding carboxylic acids is 1. The second-order valence-electron chi connectivity index (χ2n) is 5.74. The molecule has 1 aromatic heterocycles. The van der Waals surface area contributed by atoms with Crippen LogP contribution in [0.15, 0.2) is 47.3 Å². The highest BCUT2D eigenvalue weighted by atomic mass is 35.5. The fourth-order valence-electron chi connectivity index (χ4n) is 2.57. The van der Waals surface area contributed by atoms with Gasteiger partial charge in [0.1, 0.15) is 5.69 Å². The first-order valence-electron chi connectivity index (χ1n) is 7.76. The van der Waals surface area contributed by atoms with Crippen LogP contribution in [0.5, 0.6) is 0 Å². The Bertz CT molecular complexity index is 1000. The van der Waals surface area contributed by atoms with Gasteiger partial charge in [-0.25, -0.2) is 4.98 Å². The fraction of sp³-hybridized carbons (Fsp3) is 0.167. The van der Waals surface area contributed by atoms with E-state index in [2.05, 4.69) is 20.6 Å². The van der Waals surface area contributed by atoms with Crippen molar-refractivity contribution < 1.29 is 4.79 Å². The highest BCUT2D eigenvalue weighted by Crippen LogP contribution is 2.21. The number of rotatable bonds is 4. The molecule has 0 fully saturated rings. The van der Waals surface area contributed by atoms with Gasteiger partial charge >= 0.3 is 0 Å². The van der Waals surface area contributed by atoms with Crippen LogP contribution < -0.4 is 16.2 Å². The Morgan fingerprint density at radius 1 is 1.20 bits per heavy atom. The van der Waals surface area contributed by atoms with Crippen molar-refractivity contribution in [3.8, 4) is 0 Å². The molecule has 25 heavy (non-hydrogen) atoms. The molecule has 1 amide bonds. The number of amides is 1. The molecule has 1 heterocycles. The number of hydrogen-bond acceptors (Lipinski definition) is 4. The Morgan fingerprint density at radius 3 is 2.72 bits per heavy atom. The van der Waals surface area contributed by atoms with Crippen molar-refractivity contribution in [1.29, 1.82) is 0 Å². The predicted molar refractivity (Wildman–Crippen MR) is 100 cm³/mol. The molecule has 0 unspecified atom stereocenters. The Kier molecular flexibility index (Phi) is 4.72. The maximum absolute atomic E-state index is 12.3. The SMILES string of the molecule is CC(=O)Nc1cccc(N[C@@H](C)c2nc3cc(Cl)ccc3[nH]c2=O)c1. The van der Waals surface area contributed by atoms with Crippen LogP contribution in [0.4, 0.5) is 11.4 Å². The standard InChI is InChI=1S/C18H17ClN4O2/c1-10(20-13-4-3-5-14(9-13)21-11(2)24)17-18(25)23-15-7-6-12(19)8-16(15)22-17/h3-10,20H,1-2H3,(H,21,24)(H,23,25)/t10-/m0/s1. The number of anilines is 2. The molecule has 0 aliphatic carbocycles. The highest BCUT2D eigenvalue weighted by molar-refractivity contribution is 6.31.